The molecule has 0 bridgehead atoms. The average molecular weight is 273 g/mol. The zero-order valence-electron chi connectivity index (χ0n) is 9.67. The Labute approximate surface area is 106 Å². The molecule has 0 unspecified atom stereocenters. The third-order valence-corrected chi connectivity index (χ3v) is 2.72. The van der Waals surface area contributed by atoms with Crippen LogP contribution in [0.25, 0.3) is 5.69 Å². The fourth-order valence-corrected chi connectivity index (χ4v) is 1.86. The first-order valence-corrected chi connectivity index (χ1v) is 5.65. The topological polar surface area (TPSA) is 33.6 Å². The van der Waals surface area contributed by atoms with Gasteiger partial charge in [0.15, 0.2) is 22.2 Å². The monoisotopic (exact) mass is 273 g/mol. The number of H-pyrrole nitrogens is 1. The molecule has 0 spiro atoms. The molecule has 1 aromatic heterocycles. The number of hydrogen-bond donors (Lipinski definition) is 1. The van der Waals surface area contributed by atoms with Crippen LogP contribution >= 0.6 is 12.2 Å². The summed E-state index contributed by atoms with van der Waals surface area (Å²) in [4.78, 5) is 0. The Morgan fingerprint density at radius 3 is 2.28 bits per heavy atom. The quantitative estimate of drug-likeness (QED) is 0.671. The van der Waals surface area contributed by atoms with Crippen LogP contribution in [0.1, 0.15) is 25.6 Å². The summed E-state index contributed by atoms with van der Waals surface area (Å²) in [5, 5.41) is 6.53. The van der Waals surface area contributed by atoms with Gasteiger partial charge in [-0.25, -0.2) is 13.2 Å². The van der Waals surface area contributed by atoms with Crippen LogP contribution in [-0.4, -0.2) is 14.8 Å². The van der Waals surface area contributed by atoms with Crippen molar-refractivity contribution in [2.75, 3.05) is 0 Å². The number of nitrogens with one attached hydrogen (secondary N) is 1. The largest absolute Gasteiger partial charge is 0.272 e. The van der Waals surface area contributed by atoms with Crippen LogP contribution < -0.4 is 0 Å². The van der Waals surface area contributed by atoms with Crippen LogP contribution in [0.3, 0.4) is 0 Å². The lowest BCUT2D eigenvalue weighted by molar-refractivity contribution is 0.446. The maximum atomic E-state index is 13.2. The predicted octanol–water partition coefficient (Wildman–Crippen LogP) is 3.47. The molecule has 0 aliphatic rings. The van der Waals surface area contributed by atoms with Crippen LogP contribution in [0.4, 0.5) is 13.2 Å². The standard InChI is InChI=1S/C11H10F3N3S/c1-5(2)10-15-16-11(18)17(10)6-3-7(12)9(14)8(13)4-6/h3-5H,1-2H3,(H,16,18). The van der Waals surface area contributed by atoms with Crippen LogP contribution in [0.15, 0.2) is 12.1 Å². The Morgan fingerprint density at radius 2 is 1.78 bits per heavy atom. The van der Waals surface area contributed by atoms with Crippen LogP contribution in [0.5, 0.6) is 0 Å². The van der Waals surface area contributed by atoms with Gasteiger partial charge in [0, 0.05) is 18.1 Å². The van der Waals surface area contributed by atoms with Gasteiger partial charge in [-0.3, -0.25) is 9.67 Å². The van der Waals surface area contributed by atoms with Crippen LogP contribution in [0.2, 0.25) is 0 Å². The third-order valence-electron chi connectivity index (χ3n) is 2.44. The molecular formula is C11H10F3N3S. The van der Waals surface area contributed by atoms with Gasteiger partial charge in [0.1, 0.15) is 5.82 Å². The van der Waals surface area contributed by atoms with Crippen molar-refractivity contribution in [3.8, 4) is 5.69 Å². The second kappa shape index (κ2) is 4.56. The summed E-state index contributed by atoms with van der Waals surface area (Å²) in [5.74, 6) is -3.51. The predicted molar refractivity (Wildman–Crippen MR) is 62.7 cm³/mol. The van der Waals surface area contributed by atoms with Gasteiger partial charge in [-0.1, -0.05) is 13.8 Å². The molecule has 2 aromatic rings. The van der Waals surface area contributed by atoms with Gasteiger partial charge in [0.2, 0.25) is 0 Å². The van der Waals surface area contributed by atoms with Gasteiger partial charge in [-0.15, -0.1) is 0 Å². The highest BCUT2D eigenvalue weighted by Gasteiger charge is 2.16. The second-order valence-corrected chi connectivity index (χ2v) is 4.49. The number of rotatable bonds is 2. The van der Waals surface area contributed by atoms with Crippen molar-refractivity contribution in [1.82, 2.24) is 14.8 Å². The maximum absolute atomic E-state index is 13.2. The molecule has 0 amide bonds. The summed E-state index contributed by atoms with van der Waals surface area (Å²) in [6.45, 7) is 3.72. The molecule has 0 aliphatic heterocycles. The lowest BCUT2D eigenvalue weighted by Crippen LogP contribution is -2.05. The minimum Gasteiger partial charge on any atom is -0.272 e. The van der Waals surface area contributed by atoms with Gasteiger partial charge in [0.05, 0.1) is 5.69 Å². The molecular weight excluding hydrogens is 263 g/mol. The summed E-state index contributed by atoms with van der Waals surface area (Å²) in [7, 11) is 0. The van der Waals surface area contributed by atoms with E-state index in [0.29, 0.717) is 5.82 Å². The van der Waals surface area contributed by atoms with Crippen molar-refractivity contribution in [3.05, 3.63) is 40.2 Å². The smallest absolute Gasteiger partial charge is 0.199 e. The Hall–Kier alpha value is -1.63. The SMILES string of the molecule is CC(C)c1n[nH]c(=S)n1-c1cc(F)c(F)c(F)c1. The Kier molecular flexibility index (Phi) is 3.25. The van der Waals surface area contributed by atoms with Gasteiger partial charge in [-0.05, 0) is 12.2 Å². The number of aromatic amines is 1. The van der Waals surface area contributed by atoms with Crippen molar-refractivity contribution >= 4 is 12.2 Å². The lowest BCUT2D eigenvalue weighted by atomic mass is 10.2. The van der Waals surface area contributed by atoms with Crippen molar-refractivity contribution < 1.29 is 13.2 Å². The van der Waals surface area contributed by atoms with Gasteiger partial charge < -0.3 is 0 Å². The molecule has 0 radical (unpaired) electrons. The first-order chi connectivity index (χ1) is 8.41. The second-order valence-electron chi connectivity index (χ2n) is 4.10. The molecule has 2 rings (SSSR count). The van der Waals surface area contributed by atoms with Crippen molar-refractivity contribution in [1.29, 1.82) is 0 Å². The van der Waals surface area contributed by atoms with Gasteiger partial charge in [0.25, 0.3) is 0 Å². The molecule has 7 heteroatoms. The molecule has 96 valence electrons. The van der Waals surface area contributed by atoms with E-state index in [9.17, 15) is 13.2 Å². The maximum Gasteiger partial charge on any atom is 0.199 e. The highest BCUT2D eigenvalue weighted by atomic mass is 32.1. The van der Waals surface area contributed by atoms with E-state index in [0.717, 1.165) is 12.1 Å². The Balaban J connectivity index is 2.70. The van der Waals surface area contributed by atoms with Gasteiger partial charge in [-0.2, -0.15) is 5.10 Å². The van der Waals surface area contributed by atoms with E-state index in [1.807, 2.05) is 13.8 Å². The summed E-state index contributed by atoms with van der Waals surface area (Å²) >= 11 is 5.00. The molecule has 0 fully saturated rings. The molecule has 3 nitrogen and oxygen atoms in total. The molecule has 0 saturated carbocycles. The van der Waals surface area contributed by atoms with E-state index in [1.54, 1.807) is 0 Å². The molecule has 0 aliphatic carbocycles. The first-order valence-electron chi connectivity index (χ1n) is 5.24. The number of halogens is 3. The van der Waals surface area contributed by atoms with E-state index in [-0.39, 0.29) is 16.4 Å². The Morgan fingerprint density at radius 1 is 1.22 bits per heavy atom. The van der Waals surface area contributed by atoms with Gasteiger partial charge >= 0.3 is 0 Å². The van der Waals surface area contributed by atoms with E-state index in [1.165, 1.54) is 4.57 Å². The summed E-state index contributed by atoms with van der Waals surface area (Å²) in [6.07, 6.45) is 0. The molecule has 0 saturated heterocycles. The number of aromatic nitrogens is 3. The normalized spacial score (nSPS) is 11.2. The number of hydrogen-bond acceptors (Lipinski definition) is 2. The van der Waals surface area contributed by atoms with E-state index in [4.69, 9.17) is 12.2 Å². The zero-order valence-corrected chi connectivity index (χ0v) is 10.5. The van der Waals surface area contributed by atoms with E-state index >= 15 is 0 Å². The van der Waals surface area contributed by atoms with Crippen LogP contribution in [0, 0.1) is 22.2 Å². The third kappa shape index (κ3) is 2.05. The molecule has 18 heavy (non-hydrogen) atoms. The first kappa shape index (κ1) is 12.8. The minimum atomic E-state index is -1.50. The van der Waals surface area contributed by atoms with Crippen molar-refractivity contribution in [2.45, 2.75) is 19.8 Å². The summed E-state index contributed by atoms with van der Waals surface area (Å²) < 4.78 is 40.9. The highest BCUT2D eigenvalue weighted by molar-refractivity contribution is 7.71. The minimum absolute atomic E-state index is 0.00544. The zero-order chi connectivity index (χ0) is 13.4. The molecule has 1 heterocycles. The fraction of sp³-hybridized carbons (Fsp3) is 0.273. The Bertz CT molecular complexity index is 622. The molecule has 1 N–H and O–H groups in total. The van der Waals surface area contributed by atoms with E-state index in [2.05, 4.69) is 10.2 Å². The highest BCUT2D eigenvalue weighted by Crippen LogP contribution is 2.21. The summed E-state index contributed by atoms with van der Waals surface area (Å²) in [6, 6.07) is 1.77. The lowest BCUT2D eigenvalue weighted by Gasteiger charge is -2.09. The van der Waals surface area contributed by atoms with Crippen LogP contribution in [-0.2, 0) is 0 Å². The average Bonchev–Trinajstić information content (AvgIpc) is 2.67. The van der Waals surface area contributed by atoms with E-state index < -0.39 is 17.5 Å². The fourth-order valence-electron chi connectivity index (χ4n) is 1.62. The van der Waals surface area contributed by atoms with Crippen molar-refractivity contribution in [3.63, 3.8) is 0 Å². The number of benzene rings is 1. The molecule has 0 atom stereocenters. The number of nitrogens with zero attached hydrogens (tertiary/aromatic N) is 2. The molecule has 1 aromatic carbocycles. The summed E-state index contributed by atoms with van der Waals surface area (Å²) in [5.41, 5.74) is 0.105. The van der Waals surface area contributed by atoms with Crippen molar-refractivity contribution in [2.24, 2.45) is 0 Å².